The zero-order valence-electron chi connectivity index (χ0n) is 28.8. The van der Waals surface area contributed by atoms with Crippen molar-refractivity contribution in [1.29, 1.82) is 0 Å². The Kier molecular flexibility index (Phi) is 12.9. The van der Waals surface area contributed by atoms with Crippen molar-refractivity contribution in [2.45, 2.75) is 64.8 Å². The molecule has 2 N–H and O–H groups in total. The number of aliphatic carboxylic acids is 1. The number of hydrogen-bond donors (Lipinski definition) is 2. The van der Waals surface area contributed by atoms with E-state index in [1.165, 1.54) is 30.6 Å². The molecule has 0 spiro atoms. The predicted octanol–water partition coefficient (Wildman–Crippen LogP) is 6.83. The number of likely N-dealkylation sites (tertiary alicyclic amines) is 1. The van der Waals surface area contributed by atoms with E-state index in [0.29, 0.717) is 36.7 Å². The Morgan fingerprint density at radius 2 is 1.46 bits per heavy atom. The van der Waals surface area contributed by atoms with Gasteiger partial charge in [-0.15, -0.1) is 0 Å². The maximum atomic E-state index is 13.6. The second kappa shape index (κ2) is 17.9. The molecule has 262 valence electrons. The quantitative estimate of drug-likeness (QED) is 0.116. The van der Waals surface area contributed by atoms with Crippen LogP contribution in [0.3, 0.4) is 0 Å². The van der Waals surface area contributed by atoms with E-state index in [0.717, 1.165) is 41.0 Å². The fraction of sp³-hybridized carbons (Fsp3) is 0.375. The van der Waals surface area contributed by atoms with Gasteiger partial charge in [0.05, 0.1) is 19.1 Å². The van der Waals surface area contributed by atoms with Crippen molar-refractivity contribution in [2.75, 3.05) is 26.3 Å². The summed E-state index contributed by atoms with van der Waals surface area (Å²) in [5.41, 5.74) is 3.93. The average Bonchev–Trinajstić information content (AvgIpc) is 3.65. The van der Waals surface area contributed by atoms with Crippen LogP contribution in [-0.4, -0.2) is 70.1 Å². The highest BCUT2D eigenvalue weighted by atomic mass is 16.5. The number of nitrogens with one attached hydrogen (secondary N) is 1. The minimum atomic E-state index is -0.924. The largest absolute Gasteiger partial charge is 0.494 e. The third-order valence-corrected chi connectivity index (χ3v) is 8.89. The van der Waals surface area contributed by atoms with Gasteiger partial charge in [-0.3, -0.25) is 14.4 Å². The molecule has 3 aromatic carbocycles. The molecule has 5 rings (SSSR count). The van der Waals surface area contributed by atoms with Crippen molar-refractivity contribution < 1.29 is 29.0 Å². The first-order chi connectivity index (χ1) is 24.3. The number of carbonyl (C=O) groups is 3. The van der Waals surface area contributed by atoms with Crippen LogP contribution in [-0.2, 0) is 16.0 Å². The van der Waals surface area contributed by atoms with Crippen molar-refractivity contribution in [1.82, 2.24) is 20.2 Å². The number of rotatable bonds is 17. The van der Waals surface area contributed by atoms with Gasteiger partial charge in [-0.05, 0) is 67.3 Å². The van der Waals surface area contributed by atoms with Crippen molar-refractivity contribution >= 4 is 17.8 Å². The Morgan fingerprint density at radius 1 is 0.820 bits per heavy atom. The van der Waals surface area contributed by atoms with Gasteiger partial charge in [0.2, 0.25) is 5.91 Å². The molecule has 2 amide bonds. The van der Waals surface area contributed by atoms with Crippen LogP contribution in [0.4, 0.5) is 0 Å². The fourth-order valence-electron chi connectivity index (χ4n) is 5.98. The standard InChI is InChI=1S/C40H46N4O6/c1-3-5-6-7-8-23-50-35-17-13-29(14-18-35)33-25-41-37(42-26-33)30-11-9-28(10-12-30)24-36(39(46)44-22-21-32(27-44)40(47)48)43-38(45)31-15-19-34(20-16-31)49-4-2/h9-20,25-26,32,36H,3-8,21-24,27H2,1-2H3,(H,43,45)(H,47,48)/t32-,36-/m0/s1. The van der Waals surface area contributed by atoms with E-state index in [-0.39, 0.29) is 18.9 Å². The zero-order valence-corrected chi connectivity index (χ0v) is 28.8. The monoisotopic (exact) mass is 678 g/mol. The molecule has 2 heterocycles. The summed E-state index contributed by atoms with van der Waals surface area (Å²) in [4.78, 5) is 49.2. The van der Waals surface area contributed by atoms with E-state index in [1.54, 1.807) is 36.7 Å². The number of benzene rings is 3. The maximum Gasteiger partial charge on any atom is 0.308 e. The average molecular weight is 679 g/mol. The third-order valence-electron chi connectivity index (χ3n) is 8.89. The SMILES string of the molecule is CCCCCCCOc1ccc(-c2cnc(-c3ccc(C[C@H](NC(=O)c4ccc(OCC)cc4)C(=O)N4CC[C@H](C(=O)O)C4)cc3)nc2)cc1. The number of carbonyl (C=O) groups excluding carboxylic acids is 2. The molecule has 50 heavy (non-hydrogen) atoms. The van der Waals surface area contributed by atoms with Crippen LogP contribution < -0.4 is 14.8 Å². The number of hydrogen-bond acceptors (Lipinski definition) is 7. The molecule has 0 aliphatic carbocycles. The summed E-state index contributed by atoms with van der Waals surface area (Å²) >= 11 is 0. The van der Waals surface area contributed by atoms with Gasteiger partial charge < -0.3 is 24.8 Å². The molecule has 0 radical (unpaired) electrons. The highest BCUT2D eigenvalue weighted by Gasteiger charge is 2.35. The smallest absolute Gasteiger partial charge is 0.308 e. The number of amides is 2. The van der Waals surface area contributed by atoms with Crippen molar-refractivity contribution in [3.8, 4) is 34.0 Å². The Labute approximate surface area is 293 Å². The van der Waals surface area contributed by atoms with Crippen LogP contribution in [0.2, 0.25) is 0 Å². The Hall–Kier alpha value is -5.25. The van der Waals surface area contributed by atoms with E-state index in [2.05, 4.69) is 22.2 Å². The van der Waals surface area contributed by atoms with Gasteiger partial charge in [-0.2, -0.15) is 0 Å². The molecular formula is C40H46N4O6. The number of nitrogens with zero attached hydrogens (tertiary/aromatic N) is 3. The Balaban J connectivity index is 1.22. The molecule has 1 aliphatic rings. The summed E-state index contributed by atoms with van der Waals surface area (Å²) in [5.74, 6) is -0.177. The summed E-state index contributed by atoms with van der Waals surface area (Å²) in [6.07, 6.45) is 10.2. The van der Waals surface area contributed by atoms with Crippen molar-refractivity contribution in [3.63, 3.8) is 0 Å². The Morgan fingerprint density at radius 3 is 2.10 bits per heavy atom. The highest BCUT2D eigenvalue weighted by Crippen LogP contribution is 2.24. The molecule has 4 aromatic rings. The molecule has 10 heteroatoms. The van der Waals surface area contributed by atoms with Crippen LogP contribution in [0.15, 0.2) is 85.2 Å². The van der Waals surface area contributed by atoms with Gasteiger partial charge >= 0.3 is 5.97 Å². The molecule has 10 nitrogen and oxygen atoms in total. The van der Waals surface area contributed by atoms with E-state index in [4.69, 9.17) is 9.47 Å². The molecule has 1 saturated heterocycles. The van der Waals surface area contributed by atoms with Crippen LogP contribution in [0.5, 0.6) is 11.5 Å². The lowest BCUT2D eigenvalue weighted by atomic mass is 10.0. The van der Waals surface area contributed by atoms with Crippen LogP contribution in [0, 0.1) is 5.92 Å². The van der Waals surface area contributed by atoms with Crippen LogP contribution in [0.25, 0.3) is 22.5 Å². The summed E-state index contributed by atoms with van der Waals surface area (Å²) in [5, 5.41) is 12.4. The van der Waals surface area contributed by atoms with Crippen molar-refractivity contribution in [2.24, 2.45) is 5.92 Å². The summed E-state index contributed by atoms with van der Waals surface area (Å²) in [6, 6.07) is 21.4. The second-order valence-corrected chi connectivity index (χ2v) is 12.6. The lowest BCUT2D eigenvalue weighted by Gasteiger charge is -2.24. The molecule has 2 atom stereocenters. The first-order valence-corrected chi connectivity index (χ1v) is 17.5. The summed E-state index contributed by atoms with van der Waals surface area (Å²) in [6.45, 7) is 5.77. The lowest BCUT2D eigenvalue weighted by molar-refractivity contribution is -0.141. The van der Waals surface area contributed by atoms with Gasteiger partial charge in [0, 0.05) is 48.6 Å². The van der Waals surface area contributed by atoms with E-state index < -0.39 is 23.8 Å². The molecule has 1 aliphatic heterocycles. The van der Waals surface area contributed by atoms with Crippen LogP contribution in [0.1, 0.15) is 68.3 Å². The van der Waals surface area contributed by atoms with Gasteiger partial charge in [-0.1, -0.05) is 69.0 Å². The van der Waals surface area contributed by atoms with E-state index >= 15 is 0 Å². The first kappa shape index (κ1) is 36.0. The highest BCUT2D eigenvalue weighted by molar-refractivity contribution is 5.98. The second-order valence-electron chi connectivity index (χ2n) is 12.6. The summed E-state index contributed by atoms with van der Waals surface area (Å²) in [7, 11) is 0. The minimum absolute atomic E-state index is 0.118. The zero-order chi connectivity index (χ0) is 35.3. The number of ether oxygens (including phenoxy) is 2. The minimum Gasteiger partial charge on any atom is -0.494 e. The van der Waals surface area contributed by atoms with Crippen LogP contribution >= 0.6 is 0 Å². The topological polar surface area (TPSA) is 131 Å². The predicted molar refractivity (Wildman–Crippen MR) is 192 cm³/mol. The molecule has 0 bridgehead atoms. The van der Waals surface area contributed by atoms with E-state index in [1.807, 2.05) is 55.5 Å². The van der Waals surface area contributed by atoms with Gasteiger partial charge in [0.25, 0.3) is 5.91 Å². The number of unbranched alkanes of at least 4 members (excludes halogenated alkanes) is 4. The molecule has 0 saturated carbocycles. The normalized spacial score (nSPS) is 14.6. The fourth-order valence-corrected chi connectivity index (χ4v) is 5.98. The van der Waals surface area contributed by atoms with Gasteiger partial charge in [0.15, 0.2) is 5.82 Å². The van der Waals surface area contributed by atoms with Gasteiger partial charge in [-0.25, -0.2) is 9.97 Å². The van der Waals surface area contributed by atoms with E-state index in [9.17, 15) is 19.5 Å². The number of carboxylic acids is 1. The summed E-state index contributed by atoms with van der Waals surface area (Å²) < 4.78 is 11.4. The lowest BCUT2D eigenvalue weighted by Crippen LogP contribution is -2.49. The number of aromatic nitrogens is 2. The third kappa shape index (κ3) is 9.90. The van der Waals surface area contributed by atoms with Gasteiger partial charge in [0.1, 0.15) is 17.5 Å². The first-order valence-electron chi connectivity index (χ1n) is 17.5. The van der Waals surface area contributed by atoms with Crippen molar-refractivity contribution in [3.05, 3.63) is 96.3 Å². The maximum absolute atomic E-state index is 13.6. The molecular weight excluding hydrogens is 632 g/mol. The molecule has 1 fully saturated rings. The Bertz CT molecular complexity index is 1690. The molecule has 1 aromatic heterocycles. The molecule has 0 unspecified atom stereocenters. The number of carboxylic acid groups (broad SMARTS) is 1.